The standard InChI is InChI=1S/C14H19F3N2/c1-10-3-2-8-18-13(10)7-6-12-5-4-11(9-19-12)14(15,16)17/h4-5,9-10,13,18H,2-3,6-8H2,1H3/t10-,13-/m1/s1. The summed E-state index contributed by atoms with van der Waals surface area (Å²) >= 11 is 0. The molecule has 1 aliphatic heterocycles. The van der Waals surface area contributed by atoms with E-state index < -0.39 is 11.7 Å². The normalized spacial score (nSPS) is 24.4. The molecule has 1 aromatic rings. The molecule has 0 radical (unpaired) electrons. The van der Waals surface area contributed by atoms with E-state index in [9.17, 15) is 13.2 Å². The fraction of sp³-hybridized carbons (Fsp3) is 0.643. The number of piperidine rings is 1. The van der Waals surface area contributed by atoms with E-state index in [2.05, 4.69) is 17.2 Å². The van der Waals surface area contributed by atoms with Crippen LogP contribution in [0.5, 0.6) is 0 Å². The summed E-state index contributed by atoms with van der Waals surface area (Å²) in [6.45, 7) is 3.26. The SMILES string of the molecule is C[C@@H]1CCCN[C@@H]1CCc1ccc(C(F)(F)F)cn1. The van der Waals surface area contributed by atoms with Crippen LogP contribution in [0.2, 0.25) is 0 Å². The fourth-order valence-corrected chi connectivity index (χ4v) is 2.54. The van der Waals surface area contributed by atoms with Crippen LogP contribution in [-0.2, 0) is 12.6 Å². The van der Waals surface area contributed by atoms with Crippen LogP contribution in [0.4, 0.5) is 13.2 Å². The molecule has 0 amide bonds. The van der Waals surface area contributed by atoms with Crippen molar-refractivity contribution in [3.8, 4) is 0 Å². The molecule has 106 valence electrons. The van der Waals surface area contributed by atoms with Gasteiger partial charge in [-0.25, -0.2) is 0 Å². The monoisotopic (exact) mass is 272 g/mol. The van der Waals surface area contributed by atoms with Crippen LogP contribution in [0.1, 0.15) is 37.4 Å². The number of aromatic nitrogens is 1. The highest BCUT2D eigenvalue weighted by Crippen LogP contribution is 2.28. The summed E-state index contributed by atoms with van der Waals surface area (Å²) in [6.07, 6.45) is 0.700. The Morgan fingerprint density at radius 2 is 2.16 bits per heavy atom. The quantitative estimate of drug-likeness (QED) is 0.912. The molecule has 0 bridgehead atoms. The number of hydrogen-bond acceptors (Lipinski definition) is 2. The summed E-state index contributed by atoms with van der Waals surface area (Å²) in [5.41, 5.74) is 0.0491. The first-order valence-corrected chi connectivity index (χ1v) is 6.72. The highest BCUT2D eigenvalue weighted by Gasteiger charge is 2.30. The van der Waals surface area contributed by atoms with Gasteiger partial charge in [-0.3, -0.25) is 4.98 Å². The Morgan fingerprint density at radius 3 is 2.74 bits per heavy atom. The largest absolute Gasteiger partial charge is 0.417 e. The van der Waals surface area contributed by atoms with Gasteiger partial charge in [-0.1, -0.05) is 6.92 Å². The molecule has 0 aromatic carbocycles. The van der Waals surface area contributed by atoms with Crippen molar-refractivity contribution in [1.82, 2.24) is 10.3 Å². The van der Waals surface area contributed by atoms with Crippen LogP contribution >= 0.6 is 0 Å². The number of aryl methyl sites for hydroxylation is 1. The maximum atomic E-state index is 12.4. The third-order valence-corrected chi connectivity index (χ3v) is 3.79. The lowest BCUT2D eigenvalue weighted by atomic mass is 9.89. The molecule has 0 unspecified atom stereocenters. The topological polar surface area (TPSA) is 24.9 Å². The smallest absolute Gasteiger partial charge is 0.314 e. The summed E-state index contributed by atoms with van der Waals surface area (Å²) in [5.74, 6) is 0.628. The summed E-state index contributed by atoms with van der Waals surface area (Å²) in [5, 5.41) is 3.47. The van der Waals surface area contributed by atoms with Gasteiger partial charge in [0.2, 0.25) is 0 Å². The van der Waals surface area contributed by atoms with Gasteiger partial charge >= 0.3 is 6.18 Å². The summed E-state index contributed by atoms with van der Waals surface area (Å²) in [7, 11) is 0. The maximum absolute atomic E-state index is 12.4. The summed E-state index contributed by atoms with van der Waals surface area (Å²) in [4.78, 5) is 3.91. The lowest BCUT2D eigenvalue weighted by Gasteiger charge is -2.30. The van der Waals surface area contributed by atoms with Crippen LogP contribution in [0.25, 0.3) is 0 Å². The Bertz CT molecular complexity index is 400. The van der Waals surface area contributed by atoms with Crippen LogP contribution in [-0.4, -0.2) is 17.6 Å². The minimum atomic E-state index is -4.30. The Hall–Kier alpha value is -1.10. The van der Waals surface area contributed by atoms with E-state index in [4.69, 9.17) is 0 Å². The van der Waals surface area contributed by atoms with E-state index in [-0.39, 0.29) is 0 Å². The van der Waals surface area contributed by atoms with Crippen molar-refractivity contribution in [2.75, 3.05) is 6.54 Å². The van der Waals surface area contributed by atoms with E-state index in [1.807, 2.05) is 0 Å². The van der Waals surface area contributed by atoms with E-state index >= 15 is 0 Å². The third-order valence-electron chi connectivity index (χ3n) is 3.79. The molecule has 1 aliphatic rings. The van der Waals surface area contributed by atoms with Crippen molar-refractivity contribution in [3.05, 3.63) is 29.6 Å². The van der Waals surface area contributed by atoms with Crippen molar-refractivity contribution in [2.45, 2.75) is 44.8 Å². The van der Waals surface area contributed by atoms with Crippen molar-refractivity contribution in [2.24, 2.45) is 5.92 Å². The van der Waals surface area contributed by atoms with E-state index in [1.165, 1.54) is 18.9 Å². The van der Waals surface area contributed by atoms with Gasteiger partial charge in [0.25, 0.3) is 0 Å². The molecule has 0 aliphatic carbocycles. The van der Waals surface area contributed by atoms with Crippen molar-refractivity contribution in [3.63, 3.8) is 0 Å². The maximum Gasteiger partial charge on any atom is 0.417 e. The molecule has 5 heteroatoms. The zero-order valence-corrected chi connectivity index (χ0v) is 11.0. The van der Waals surface area contributed by atoms with Gasteiger partial charge in [-0.05, 0) is 50.3 Å². The summed E-state index contributed by atoms with van der Waals surface area (Å²) < 4.78 is 37.2. The van der Waals surface area contributed by atoms with Crippen LogP contribution in [0.15, 0.2) is 18.3 Å². The van der Waals surface area contributed by atoms with Gasteiger partial charge in [0, 0.05) is 17.9 Å². The van der Waals surface area contributed by atoms with E-state index in [0.29, 0.717) is 12.0 Å². The lowest BCUT2D eigenvalue weighted by Crippen LogP contribution is -2.40. The number of nitrogens with one attached hydrogen (secondary N) is 1. The van der Waals surface area contributed by atoms with Gasteiger partial charge < -0.3 is 5.32 Å². The average Bonchev–Trinajstić information content (AvgIpc) is 2.37. The lowest BCUT2D eigenvalue weighted by molar-refractivity contribution is -0.137. The van der Waals surface area contributed by atoms with E-state index in [1.54, 1.807) is 0 Å². The highest BCUT2D eigenvalue weighted by atomic mass is 19.4. The first-order chi connectivity index (χ1) is 8.97. The number of hydrogen-bond donors (Lipinski definition) is 1. The third kappa shape index (κ3) is 3.93. The van der Waals surface area contributed by atoms with Gasteiger partial charge in [0.15, 0.2) is 0 Å². The molecule has 0 saturated carbocycles. The number of rotatable bonds is 3. The molecule has 2 rings (SSSR count). The number of nitrogens with zero attached hydrogens (tertiary/aromatic N) is 1. The molecule has 2 atom stereocenters. The van der Waals surface area contributed by atoms with Crippen molar-refractivity contribution in [1.29, 1.82) is 0 Å². The Labute approximate surface area is 111 Å². The van der Waals surface area contributed by atoms with Gasteiger partial charge in [0.05, 0.1) is 5.56 Å². The average molecular weight is 272 g/mol. The zero-order chi connectivity index (χ0) is 13.9. The molecule has 1 fully saturated rings. The number of alkyl halides is 3. The Kier molecular flexibility index (Phi) is 4.45. The zero-order valence-electron chi connectivity index (χ0n) is 11.0. The molecule has 1 N–H and O–H groups in total. The second kappa shape index (κ2) is 5.90. The number of halogens is 3. The van der Waals surface area contributed by atoms with Crippen LogP contribution in [0.3, 0.4) is 0 Å². The van der Waals surface area contributed by atoms with Crippen LogP contribution in [0, 0.1) is 5.92 Å². The predicted octanol–water partition coefficient (Wildman–Crippen LogP) is 3.42. The van der Waals surface area contributed by atoms with Crippen molar-refractivity contribution < 1.29 is 13.2 Å². The minimum absolute atomic E-state index is 0.456. The Balaban J connectivity index is 1.89. The summed E-state index contributed by atoms with van der Waals surface area (Å²) in [6, 6.07) is 3.05. The highest BCUT2D eigenvalue weighted by molar-refractivity contribution is 5.17. The van der Waals surface area contributed by atoms with E-state index in [0.717, 1.165) is 37.3 Å². The second-order valence-electron chi connectivity index (χ2n) is 5.25. The molecule has 2 heterocycles. The molecule has 1 saturated heterocycles. The molecule has 1 aromatic heterocycles. The Morgan fingerprint density at radius 1 is 1.37 bits per heavy atom. The van der Waals surface area contributed by atoms with Gasteiger partial charge in [0.1, 0.15) is 0 Å². The number of pyridine rings is 1. The molecule has 19 heavy (non-hydrogen) atoms. The first-order valence-electron chi connectivity index (χ1n) is 6.72. The molecule has 0 spiro atoms. The predicted molar refractivity (Wildman–Crippen MR) is 67.7 cm³/mol. The van der Waals surface area contributed by atoms with Crippen LogP contribution < -0.4 is 5.32 Å². The fourth-order valence-electron chi connectivity index (χ4n) is 2.54. The van der Waals surface area contributed by atoms with Gasteiger partial charge in [-0.2, -0.15) is 13.2 Å². The molecular weight excluding hydrogens is 253 g/mol. The second-order valence-corrected chi connectivity index (χ2v) is 5.25. The first kappa shape index (κ1) is 14.3. The van der Waals surface area contributed by atoms with Crippen molar-refractivity contribution >= 4 is 0 Å². The molecular formula is C14H19F3N2. The van der Waals surface area contributed by atoms with Gasteiger partial charge in [-0.15, -0.1) is 0 Å². The molecule has 2 nitrogen and oxygen atoms in total. The minimum Gasteiger partial charge on any atom is -0.314 e.